The monoisotopic (exact) mass is 238 g/mol. The van der Waals surface area contributed by atoms with Crippen LogP contribution >= 0.6 is 0 Å². The van der Waals surface area contributed by atoms with Gasteiger partial charge in [-0.1, -0.05) is 67.3 Å². The first-order valence-corrected chi connectivity index (χ1v) is 9.77. The minimum absolute atomic E-state index is 1.15. The summed E-state index contributed by atoms with van der Waals surface area (Å²) in [6, 6.07) is 13.3. The molecule has 0 amide bonds. The molecule has 3 rings (SSSR count). The SMILES string of the molecule is C[Si](C)(C)C1=Cc2c(ccc3ccccc23)C1. The van der Waals surface area contributed by atoms with Gasteiger partial charge in [0.25, 0.3) is 0 Å². The topological polar surface area (TPSA) is 0 Å². The summed E-state index contributed by atoms with van der Waals surface area (Å²) >= 11 is 0. The molecule has 0 saturated carbocycles. The van der Waals surface area contributed by atoms with Gasteiger partial charge in [0.1, 0.15) is 0 Å². The molecule has 86 valence electrons. The molecule has 0 unspecified atom stereocenters. The average Bonchev–Trinajstić information content (AvgIpc) is 2.72. The fourth-order valence-electron chi connectivity index (χ4n) is 2.58. The highest BCUT2D eigenvalue weighted by atomic mass is 28.3. The molecule has 0 radical (unpaired) electrons. The van der Waals surface area contributed by atoms with Gasteiger partial charge in [0.15, 0.2) is 0 Å². The third kappa shape index (κ3) is 1.75. The molecule has 0 fully saturated rings. The Morgan fingerprint density at radius 2 is 1.71 bits per heavy atom. The van der Waals surface area contributed by atoms with E-state index in [0.29, 0.717) is 0 Å². The predicted molar refractivity (Wildman–Crippen MR) is 79.0 cm³/mol. The van der Waals surface area contributed by atoms with Gasteiger partial charge >= 0.3 is 0 Å². The molecule has 0 spiro atoms. The maximum Gasteiger partial charge on any atom is 0.0729 e. The minimum Gasteiger partial charge on any atom is -0.0761 e. The summed E-state index contributed by atoms with van der Waals surface area (Å²) in [5.74, 6) is 0. The molecule has 0 saturated heterocycles. The summed E-state index contributed by atoms with van der Waals surface area (Å²) in [5, 5.41) is 4.46. The Kier molecular flexibility index (Phi) is 2.27. The summed E-state index contributed by atoms with van der Waals surface area (Å²) in [5.41, 5.74) is 2.99. The quantitative estimate of drug-likeness (QED) is 0.634. The van der Waals surface area contributed by atoms with Gasteiger partial charge in [0.05, 0.1) is 8.07 Å². The molecular weight excluding hydrogens is 220 g/mol. The van der Waals surface area contributed by atoms with Crippen molar-refractivity contribution in [2.75, 3.05) is 0 Å². The largest absolute Gasteiger partial charge is 0.0761 e. The van der Waals surface area contributed by atoms with E-state index < -0.39 is 8.07 Å². The van der Waals surface area contributed by atoms with Crippen LogP contribution in [-0.2, 0) is 6.42 Å². The van der Waals surface area contributed by atoms with Crippen molar-refractivity contribution in [3.05, 3.63) is 52.7 Å². The van der Waals surface area contributed by atoms with Crippen LogP contribution in [0.15, 0.2) is 41.6 Å². The van der Waals surface area contributed by atoms with Gasteiger partial charge in [0.2, 0.25) is 0 Å². The van der Waals surface area contributed by atoms with Crippen molar-refractivity contribution < 1.29 is 0 Å². The lowest BCUT2D eigenvalue weighted by Gasteiger charge is -2.17. The number of rotatable bonds is 1. The normalized spacial score (nSPS) is 14.9. The fraction of sp³-hybridized carbons (Fsp3) is 0.250. The molecule has 2 aromatic rings. The van der Waals surface area contributed by atoms with Crippen LogP contribution in [0.3, 0.4) is 0 Å². The van der Waals surface area contributed by atoms with E-state index in [1.54, 1.807) is 5.20 Å². The highest BCUT2D eigenvalue weighted by Gasteiger charge is 2.25. The maximum absolute atomic E-state index is 2.46. The van der Waals surface area contributed by atoms with Crippen LogP contribution in [-0.4, -0.2) is 8.07 Å². The van der Waals surface area contributed by atoms with Crippen molar-refractivity contribution in [2.24, 2.45) is 0 Å². The number of hydrogen-bond donors (Lipinski definition) is 0. The Morgan fingerprint density at radius 3 is 2.47 bits per heavy atom. The van der Waals surface area contributed by atoms with E-state index in [1.165, 1.54) is 28.3 Å². The number of allylic oxidation sites excluding steroid dienone is 1. The molecule has 0 atom stereocenters. The Hall–Kier alpha value is -1.34. The summed E-state index contributed by atoms with van der Waals surface area (Å²) in [4.78, 5) is 0. The van der Waals surface area contributed by atoms with Gasteiger partial charge in [-0.3, -0.25) is 0 Å². The average molecular weight is 238 g/mol. The van der Waals surface area contributed by atoms with Crippen LogP contribution < -0.4 is 0 Å². The first kappa shape index (κ1) is 10.8. The van der Waals surface area contributed by atoms with Crippen LogP contribution in [0.25, 0.3) is 16.8 Å². The van der Waals surface area contributed by atoms with Crippen LogP contribution in [0.4, 0.5) is 0 Å². The lowest BCUT2D eigenvalue weighted by molar-refractivity contribution is 1.27. The van der Waals surface area contributed by atoms with Crippen LogP contribution in [0.1, 0.15) is 11.1 Å². The highest BCUT2D eigenvalue weighted by molar-refractivity contribution is 6.83. The van der Waals surface area contributed by atoms with Crippen molar-refractivity contribution in [3.8, 4) is 0 Å². The standard InChI is InChI=1S/C16H18Si/c1-17(2,3)14-10-13-9-8-12-6-4-5-7-15(12)16(13)11-14/h4-9,11H,10H2,1-3H3. The van der Waals surface area contributed by atoms with E-state index in [0.717, 1.165) is 0 Å². The Bertz CT molecular complexity index is 615. The zero-order chi connectivity index (χ0) is 12.0. The van der Waals surface area contributed by atoms with Crippen LogP contribution in [0.5, 0.6) is 0 Å². The third-order valence-electron chi connectivity index (χ3n) is 3.72. The first-order chi connectivity index (χ1) is 8.05. The molecule has 0 aromatic heterocycles. The molecule has 0 bridgehead atoms. The summed E-state index contributed by atoms with van der Waals surface area (Å²) < 4.78 is 0. The first-order valence-electron chi connectivity index (χ1n) is 6.27. The molecule has 0 nitrogen and oxygen atoms in total. The number of fused-ring (bicyclic) bond motifs is 3. The molecule has 17 heavy (non-hydrogen) atoms. The molecule has 0 heterocycles. The lowest BCUT2D eigenvalue weighted by Crippen LogP contribution is -2.23. The van der Waals surface area contributed by atoms with Gasteiger partial charge in [-0.05, 0) is 28.3 Å². The zero-order valence-electron chi connectivity index (χ0n) is 10.7. The molecular formula is C16H18Si. The number of benzene rings is 2. The molecule has 1 aliphatic rings. The summed E-state index contributed by atoms with van der Waals surface area (Å²) in [6.07, 6.45) is 3.64. The van der Waals surface area contributed by atoms with Gasteiger partial charge in [-0.25, -0.2) is 0 Å². The highest BCUT2D eigenvalue weighted by Crippen LogP contribution is 2.35. The lowest BCUT2D eigenvalue weighted by atomic mass is 10.0. The summed E-state index contributed by atoms with van der Waals surface area (Å²) in [6.45, 7) is 7.31. The molecule has 1 heteroatoms. The van der Waals surface area contributed by atoms with Crippen molar-refractivity contribution in [3.63, 3.8) is 0 Å². The van der Waals surface area contributed by atoms with Crippen molar-refractivity contribution >= 4 is 24.9 Å². The molecule has 1 aliphatic carbocycles. The molecule has 2 aromatic carbocycles. The second kappa shape index (κ2) is 3.57. The molecule has 0 aliphatic heterocycles. The van der Waals surface area contributed by atoms with E-state index in [1.807, 2.05) is 0 Å². The molecule has 0 N–H and O–H groups in total. The van der Waals surface area contributed by atoms with Crippen molar-refractivity contribution in [1.82, 2.24) is 0 Å². The third-order valence-corrected chi connectivity index (χ3v) is 5.97. The van der Waals surface area contributed by atoms with Gasteiger partial charge in [0, 0.05) is 0 Å². The van der Waals surface area contributed by atoms with E-state index in [9.17, 15) is 0 Å². The smallest absolute Gasteiger partial charge is 0.0729 e. The zero-order valence-corrected chi connectivity index (χ0v) is 11.7. The van der Waals surface area contributed by atoms with E-state index >= 15 is 0 Å². The van der Waals surface area contributed by atoms with Crippen LogP contribution in [0, 0.1) is 0 Å². The second-order valence-electron chi connectivity index (χ2n) is 5.96. The van der Waals surface area contributed by atoms with Gasteiger partial charge in [-0.2, -0.15) is 0 Å². The maximum atomic E-state index is 2.46. The van der Waals surface area contributed by atoms with Gasteiger partial charge < -0.3 is 0 Å². The Morgan fingerprint density at radius 1 is 0.941 bits per heavy atom. The summed E-state index contributed by atoms with van der Waals surface area (Å²) in [7, 11) is -1.15. The van der Waals surface area contributed by atoms with E-state index in [-0.39, 0.29) is 0 Å². The van der Waals surface area contributed by atoms with Gasteiger partial charge in [-0.15, -0.1) is 0 Å². The second-order valence-corrected chi connectivity index (χ2v) is 11.1. The Balaban J connectivity index is 2.23. The predicted octanol–water partition coefficient (Wildman–Crippen LogP) is 4.66. The van der Waals surface area contributed by atoms with Crippen molar-refractivity contribution in [1.29, 1.82) is 0 Å². The fourth-order valence-corrected chi connectivity index (χ4v) is 3.88. The Labute approximate surface area is 104 Å². The van der Waals surface area contributed by atoms with Crippen LogP contribution in [0.2, 0.25) is 19.6 Å². The minimum atomic E-state index is -1.15. The van der Waals surface area contributed by atoms with E-state index in [4.69, 9.17) is 0 Å². The number of hydrogen-bond acceptors (Lipinski definition) is 0. The van der Waals surface area contributed by atoms with E-state index in [2.05, 4.69) is 62.1 Å². The van der Waals surface area contributed by atoms with Crippen molar-refractivity contribution in [2.45, 2.75) is 26.1 Å².